The maximum absolute atomic E-state index is 10.9. The summed E-state index contributed by atoms with van der Waals surface area (Å²) < 4.78 is 0. The summed E-state index contributed by atoms with van der Waals surface area (Å²) in [5, 5.41) is 0. The van der Waals surface area contributed by atoms with Crippen LogP contribution in [0.5, 0.6) is 0 Å². The number of nitrogens with one attached hydrogen (secondary N) is 1. The average molecular weight is 140 g/mol. The molecule has 0 aromatic rings. The van der Waals surface area contributed by atoms with Gasteiger partial charge >= 0.3 is 0 Å². The zero-order chi connectivity index (χ0) is 7.40. The fourth-order valence-electron chi connectivity index (χ4n) is 1.15. The topological polar surface area (TPSA) is 55.1 Å². The molecule has 1 unspecified atom stereocenters. The lowest BCUT2D eigenvalue weighted by atomic mass is 9.94. The van der Waals surface area contributed by atoms with Gasteiger partial charge in [-0.05, 0) is 19.3 Å². The van der Waals surface area contributed by atoms with Crippen LogP contribution in [0.1, 0.15) is 19.3 Å². The zero-order valence-electron chi connectivity index (χ0n) is 5.84. The highest BCUT2D eigenvalue weighted by Crippen LogP contribution is 2.17. The van der Waals surface area contributed by atoms with Crippen LogP contribution in [-0.2, 0) is 4.79 Å². The van der Waals surface area contributed by atoms with Gasteiger partial charge in [0.25, 0.3) is 0 Å². The Morgan fingerprint density at radius 3 is 2.90 bits per heavy atom. The number of hydrogen-bond donors (Lipinski definition) is 2. The second kappa shape index (κ2) is 3.37. The summed E-state index contributed by atoms with van der Waals surface area (Å²) in [5.74, 6) is 5.05. The van der Waals surface area contributed by atoms with Crippen molar-refractivity contribution in [3.63, 3.8) is 0 Å². The van der Waals surface area contributed by atoms with Gasteiger partial charge in [0.05, 0.1) is 0 Å². The molecule has 0 saturated carbocycles. The van der Waals surface area contributed by atoms with Gasteiger partial charge in [0.15, 0.2) is 0 Å². The Balaban J connectivity index is 2.41. The van der Waals surface area contributed by atoms with Crippen molar-refractivity contribution in [2.45, 2.75) is 19.3 Å². The van der Waals surface area contributed by atoms with Crippen molar-refractivity contribution >= 4 is 5.91 Å². The Hall–Kier alpha value is -0.830. The minimum Gasteiger partial charge on any atom is -0.294 e. The number of nitrogens with two attached hydrogens (primary N) is 1. The minimum atomic E-state index is -0.0376. The van der Waals surface area contributed by atoms with Crippen molar-refractivity contribution < 1.29 is 4.79 Å². The molecule has 0 saturated heterocycles. The first-order chi connectivity index (χ1) is 4.84. The number of hydrazine groups is 1. The fraction of sp³-hybridized carbons (Fsp3) is 0.571. The monoisotopic (exact) mass is 140 g/mol. The van der Waals surface area contributed by atoms with Gasteiger partial charge in [-0.25, -0.2) is 5.84 Å². The summed E-state index contributed by atoms with van der Waals surface area (Å²) in [6.45, 7) is 0. The van der Waals surface area contributed by atoms with Gasteiger partial charge < -0.3 is 0 Å². The van der Waals surface area contributed by atoms with Crippen molar-refractivity contribution in [3.8, 4) is 0 Å². The van der Waals surface area contributed by atoms with E-state index in [1.807, 2.05) is 6.08 Å². The van der Waals surface area contributed by atoms with Crippen LogP contribution in [0.15, 0.2) is 12.2 Å². The van der Waals surface area contributed by atoms with Crippen LogP contribution < -0.4 is 11.3 Å². The zero-order valence-corrected chi connectivity index (χ0v) is 5.84. The van der Waals surface area contributed by atoms with Gasteiger partial charge in [-0.3, -0.25) is 10.2 Å². The predicted octanol–water partition coefficient (Wildman–Crippen LogP) is 0.333. The van der Waals surface area contributed by atoms with Crippen LogP contribution in [0, 0.1) is 5.92 Å². The number of hydrogen-bond acceptors (Lipinski definition) is 2. The third-order valence-electron chi connectivity index (χ3n) is 1.78. The summed E-state index contributed by atoms with van der Waals surface area (Å²) in [4.78, 5) is 10.9. The van der Waals surface area contributed by atoms with Crippen molar-refractivity contribution in [1.29, 1.82) is 0 Å². The van der Waals surface area contributed by atoms with Gasteiger partial charge in [-0.1, -0.05) is 12.2 Å². The lowest BCUT2D eigenvalue weighted by Crippen LogP contribution is -2.36. The Kier molecular flexibility index (Phi) is 2.45. The summed E-state index contributed by atoms with van der Waals surface area (Å²) in [5.41, 5.74) is 2.16. The first kappa shape index (κ1) is 7.28. The molecule has 0 aromatic carbocycles. The normalized spacial score (nSPS) is 24.3. The molecule has 0 heterocycles. The number of rotatable bonds is 1. The summed E-state index contributed by atoms with van der Waals surface area (Å²) in [6.07, 6.45) is 6.89. The van der Waals surface area contributed by atoms with Gasteiger partial charge in [0, 0.05) is 5.92 Å². The molecule has 56 valence electrons. The Morgan fingerprint density at radius 2 is 2.40 bits per heavy atom. The third-order valence-corrected chi connectivity index (χ3v) is 1.78. The van der Waals surface area contributed by atoms with Crippen LogP contribution in [0.25, 0.3) is 0 Å². The van der Waals surface area contributed by atoms with Gasteiger partial charge in [0.1, 0.15) is 0 Å². The average Bonchev–Trinajstić information content (AvgIpc) is 2.05. The van der Waals surface area contributed by atoms with E-state index in [1.54, 1.807) is 0 Å². The maximum atomic E-state index is 10.9. The molecular weight excluding hydrogens is 128 g/mol. The fourth-order valence-corrected chi connectivity index (χ4v) is 1.15. The quantitative estimate of drug-likeness (QED) is 0.239. The predicted molar refractivity (Wildman–Crippen MR) is 38.8 cm³/mol. The van der Waals surface area contributed by atoms with E-state index in [2.05, 4.69) is 11.5 Å². The highest BCUT2D eigenvalue weighted by Gasteiger charge is 2.16. The summed E-state index contributed by atoms with van der Waals surface area (Å²) in [6, 6.07) is 0. The smallest absolute Gasteiger partial charge is 0.237 e. The molecule has 0 radical (unpaired) electrons. The number of amides is 1. The Bertz CT molecular complexity index is 154. The first-order valence-corrected chi connectivity index (χ1v) is 3.50. The molecule has 0 aromatic heterocycles. The van der Waals surface area contributed by atoms with Gasteiger partial charge in [-0.2, -0.15) is 0 Å². The van der Waals surface area contributed by atoms with E-state index in [4.69, 9.17) is 5.84 Å². The summed E-state index contributed by atoms with van der Waals surface area (Å²) >= 11 is 0. The lowest BCUT2D eigenvalue weighted by molar-refractivity contribution is -0.125. The molecule has 0 spiro atoms. The van der Waals surface area contributed by atoms with Gasteiger partial charge in [-0.15, -0.1) is 0 Å². The Morgan fingerprint density at radius 1 is 1.60 bits per heavy atom. The molecule has 3 heteroatoms. The van der Waals surface area contributed by atoms with Crippen LogP contribution in [-0.4, -0.2) is 5.91 Å². The van der Waals surface area contributed by atoms with Crippen molar-refractivity contribution in [3.05, 3.63) is 12.2 Å². The van der Waals surface area contributed by atoms with E-state index in [0.29, 0.717) is 0 Å². The molecule has 1 amide bonds. The van der Waals surface area contributed by atoms with E-state index in [9.17, 15) is 4.79 Å². The number of allylic oxidation sites excluding steroid dienone is 2. The van der Waals surface area contributed by atoms with Crippen molar-refractivity contribution in [2.75, 3.05) is 0 Å². The number of carbonyl (C=O) groups excluding carboxylic acids is 1. The molecule has 1 rings (SSSR count). The second-order valence-electron chi connectivity index (χ2n) is 2.49. The van der Waals surface area contributed by atoms with E-state index in [1.165, 1.54) is 0 Å². The molecule has 0 aliphatic heterocycles. The minimum absolute atomic E-state index is 0.0376. The number of carbonyl (C=O) groups is 1. The van der Waals surface area contributed by atoms with Crippen molar-refractivity contribution in [1.82, 2.24) is 5.43 Å². The van der Waals surface area contributed by atoms with Crippen LogP contribution in [0.2, 0.25) is 0 Å². The molecule has 0 bridgehead atoms. The second-order valence-corrected chi connectivity index (χ2v) is 2.49. The molecular formula is C7H12N2O. The SMILES string of the molecule is NNC(=O)C1CC=CCC1. The third kappa shape index (κ3) is 1.57. The van der Waals surface area contributed by atoms with E-state index >= 15 is 0 Å². The molecule has 0 fully saturated rings. The molecule has 1 aliphatic carbocycles. The van der Waals surface area contributed by atoms with Crippen molar-refractivity contribution in [2.24, 2.45) is 11.8 Å². The van der Waals surface area contributed by atoms with Crippen LogP contribution in [0.4, 0.5) is 0 Å². The van der Waals surface area contributed by atoms with Crippen LogP contribution >= 0.6 is 0 Å². The molecule has 3 nitrogen and oxygen atoms in total. The van der Waals surface area contributed by atoms with Crippen LogP contribution in [0.3, 0.4) is 0 Å². The summed E-state index contributed by atoms with van der Waals surface area (Å²) in [7, 11) is 0. The largest absolute Gasteiger partial charge is 0.294 e. The van der Waals surface area contributed by atoms with E-state index in [-0.39, 0.29) is 11.8 Å². The molecule has 1 atom stereocenters. The lowest BCUT2D eigenvalue weighted by Gasteiger charge is -2.14. The van der Waals surface area contributed by atoms with E-state index < -0.39 is 0 Å². The highest BCUT2D eigenvalue weighted by molar-refractivity contribution is 5.78. The first-order valence-electron chi connectivity index (χ1n) is 3.50. The maximum Gasteiger partial charge on any atom is 0.237 e. The molecule has 1 aliphatic rings. The van der Waals surface area contributed by atoms with Gasteiger partial charge in [0.2, 0.25) is 5.91 Å². The van der Waals surface area contributed by atoms with E-state index in [0.717, 1.165) is 19.3 Å². The standard InChI is InChI=1S/C7H12N2O/c8-9-7(10)6-4-2-1-3-5-6/h1-2,6H,3-5,8H2,(H,9,10). The molecule has 3 N–H and O–H groups in total. The highest BCUT2D eigenvalue weighted by atomic mass is 16.2. The Labute approximate surface area is 60.3 Å². The molecule has 10 heavy (non-hydrogen) atoms.